The number of rotatable bonds is 3. The molecule has 33 heavy (non-hydrogen) atoms. The van der Waals surface area contributed by atoms with E-state index in [0.29, 0.717) is 44.5 Å². The molecular weight excluding hydrogens is 483 g/mol. The minimum atomic E-state index is -0.241. The number of carbonyl (C=O) groups excluding carboxylic acids is 2. The van der Waals surface area contributed by atoms with Gasteiger partial charge in [-0.25, -0.2) is 0 Å². The molecule has 3 aromatic rings. The number of aromatic nitrogens is 2. The van der Waals surface area contributed by atoms with Crippen LogP contribution in [-0.4, -0.2) is 39.4 Å². The predicted molar refractivity (Wildman–Crippen MR) is 130 cm³/mol. The van der Waals surface area contributed by atoms with Gasteiger partial charge < -0.3 is 15.2 Å². The molecule has 0 saturated carbocycles. The molecule has 2 N–H and O–H groups in total. The normalized spacial score (nSPS) is 15.2. The van der Waals surface area contributed by atoms with Crippen molar-refractivity contribution in [1.29, 1.82) is 0 Å². The Kier molecular flexibility index (Phi) is 6.43. The lowest BCUT2D eigenvalue weighted by Crippen LogP contribution is -2.45. The molecule has 2 amide bonds. The number of carbonyl (C=O) groups is 2. The van der Waals surface area contributed by atoms with Crippen molar-refractivity contribution in [2.75, 3.05) is 7.05 Å². The average molecular weight is 503 g/mol. The molecule has 0 bridgehead atoms. The molecule has 0 saturated heterocycles. The zero-order valence-corrected chi connectivity index (χ0v) is 20.1. The first-order valence-electron chi connectivity index (χ1n) is 10.2. The van der Waals surface area contributed by atoms with Crippen LogP contribution in [0.3, 0.4) is 0 Å². The summed E-state index contributed by atoms with van der Waals surface area (Å²) in [6.45, 7) is 2.10. The fourth-order valence-electron chi connectivity index (χ4n) is 3.90. The van der Waals surface area contributed by atoms with Crippen LogP contribution in [0.1, 0.15) is 38.9 Å². The minimum absolute atomic E-state index is 0.208. The summed E-state index contributed by atoms with van der Waals surface area (Å²) in [7, 11) is 1.55. The van der Waals surface area contributed by atoms with Crippen molar-refractivity contribution in [3.63, 3.8) is 0 Å². The molecule has 1 atom stereocenters. The van der Waals surface area contributed by atoms with E-state index in [0.717, 1.165) is 0 Å². The van der Waals surface area contributed by atoms with Gasteiger partial charge in [0.05, 0.1) is 22.3 Å². The first-order valence-corrected chi connectivity index (χ1v) is 11.3. The third kappa shape index (κ3) is 4.34. The maximum Gasteiger partial charge on any atom is 0.262 e. The van der Waals surface area contributed by atoms with E-state index < -0.39 is 0 Å². The molecule has 0 aliphatic carbocycles. The van der Waals surface area contributed by atoms with Gasteiger partial charge in [-0.05, 0) is 68.0 Å². The Morgan fingerprint density at radius 1 is 1.09 bits per heavy atom. The molecule has 7 nitrogen and oxygen atoms in total. The Balaban J connectivity index is 1.69. The van der Waals surface area contributed by atoms with Crippen LogP contribution in [0, 0.1) is 4.77 Å². The Labute approximate surface area is 205 Å². The number of hydrogen-bond acceptors (Lipinski definition) is 4. The number of fused-ring (bicyclic) bond motifs is 1. The van der Waals surface area contributed by atoms with Gasteiger partial charge >= 0.3 is 0 Å². The average Bonchev–Trinajstić information content (AvgIpc) is 2.80. The molecule has 1 aromatic heterocycles. The van der Waals surface area contributed by atoms with Crippen LogP contribution in [0.15, 0.2) is 47.3 Å². The molecule has 1 aliphatic rings. The number of halogens is 2. The first-order chi connectivity index (χ1) is 15.7. The summed E-state index contributed by atoms with van der Waals surface area (Å²) in [6.07, 6.45) is 0.365. The van der Waals surface area contributed by atoms with Crippen LogP contribution in [0.25, 0.3) is 5.69 Å². The Hall–Kier alpha value is -2.94. The zero-order chi connectivity index (χ0) is 23.9. The third-order valence-electron chi connectivity index (χ3n) is 5.69. The van der Waals surface area contributed by atoms with Crippen LogP contribution in [0.4, 0.5) is 0 Å². The molecular formula is C23H20Cl2N4O3S. The zero-order valence-electron chi connectivity index (χ0n) is 17.8. The summed E-state index contributed by atoms with van der Waals surface area (Å²) in [5.74, 6) is -0.426. The van der Waals surface area contributed by atoms with E-state index in [1.165, 1.54) is 10.6 Å². The highest BCUT2D eigenvalue weighted by Crippen LogP contribution is 2.26. The molecule has 0 unspecified atom stereocenters. The molecule has 0 radical (unpaired) electrons. The third-order valence-corrected chi connectivity index (χ3v) is 6.71. The first kappa shape index (κ1) is 23.2. The number of amides is 2. The highest BCUT2D eigenvalue weighted by atomic mass is 35.5. The fourth-order valence-corrected chi connectivity index (χ4v) is 4.51. The van der Waals surface area contributed by atoms with Gasteiger partial charge in [-0.3, -0.25) is 19.0 Å². The van der Waals surface area contributed by atoms with E-state index in [4.69, 9.17) is 35.4 Å². The molecule has 0 fully saturated rings. The van der Waals surface area contributed by atoms with Crippen molar-refractivity contribution in [3.05, 3.63) is 90.0 Å². The van der Waals surface area contributed by atoms with Crippen molar-refractivity contribution < 1.29 is 9.59 Å². The quantitative estimate of drug-likeness (QED) is 0.526. The van der Waals surface area contributed by atoms with Crippen molar-refractivity contribution in [3.8, 4) is 5.69 Å². The second kappa shape index (κ2) is 9.13. The second-order valence-electron chi connectivity index (χ2n) is 7.77. The lowest BCUT2D eigenvalue weighted by Gasteiger charge is -2.34. The Morgan fingerprint density at radius 2 is 1.76 bits per heavy atom. The standard InChI is InChI=1S/C23H20Cl2N4O3S/c1-12-9-16-19(11-28(12)21(31)14-5-8-17(24)18(25)10-14)27-23(33)29(22(16)32)15-6-3-13(4-7-15)20(30)26-2/h3-8,10,12H,9,11H2,1-2H3,(H,26,30)(H,27,33)/t12-/m1/s1. The molecule has 1 aliphatic heterocycles. The largest absolute Gasteiger partial charge is 0.355 e. The van der Waals surface area contributed by atoms with Crippen LogP contribution in [0.2, 0.25) is 10.0 Å². The summed E-state index contributed by atoms with van der Waals surface area (Å²) in [6, 6.07) is 11.1. The predicted octanol–water partition coefficient (Wildman–Crippen LogP) is 4.15. The van der Waals surface area contributed by atoms with E-state index in [-0.39, 0.29) is 34.7 Å². The van der Waals surface area contributed by atoms with Gasteiger partial charge in [-0.2, -0.15) is 0 Å². The summed E-state index contributed by atoms with van der Waals surface area (Å²) < 4.78 is 1.62. The number of benzene rings is 2. The maximum absolute atomic E-state index is 13.3. The van der Waals surface area contributed by atoms with Crippen LogP contribution in [0.5, 0.6) is 0 Å². The molecule has 2 aromatic carbocycles. The minimum Gasteiger partial charge on any atom is -0.355 e. The van der Waals surface area contributed by atoms with E-state index in [1.807, 2.05) is 6.92 Å². The number of nitrogens with one attached hydrogen (secondary N) is 2. The van der Waals surface area contributed by atoms with Crippen LogP contribution < -0.4 is 10.9 Å². The van der Waals surface area contributed by atoms with Crippen molar-refractivity contribution in [2.45, 2.75) is 25.9 Å². The highest BCUT2D eigenvalue weighted by Gasteiger charge is 2.30. The van der Waals surface area contributed by atoms with Crippen LogP contribution in [-0.2, 0) is 13.0 Å². The van der Waals surface area contributed by atoms with Gasteiger partial charge in [-0.15, -0.1) is 0 Å². The van der Waals surface area contributed by atoms with Gasteiger partial charge in [0.25, 0.3) is 17.4 Å². The van der Waals surface area contributed by atoms with E-state index in [1.54, 1.807) is 48.3 Å². The van der Waals surface area contributed by atoms with Crippen molar-refractivity contribution >= 4 is 47.2 Å². The summed E-state index contributed by atoms with van der Waals surface area (Å²) in [5, 5.41) is 3.24. The Morgan fingerprint density at radius 3 is 2.39 bits per heavy atom. The number of H-pyrrole nitrogens is 1. The molecule has 170 valence electrons. The maximum atomic E-state index is 13.3. The van der Waals surface area contributed by atoms with Crippen LogP contribution >= 0.6 is 35.4 Å². The molecule has 0 spiro atoms. The van der Waals surface area contributed by atoms with Gasteiger partial charge in [-0.1, -0.05) is 23.2 Å². The lowest BCUT2D eigenvalue weighted by atomic mass is 9.98. The Bertz CT molecular complexity index is 1380. The van der Waals surface area contributed by atoms with Gasteiger partial charge in [0.15, 0.2) is 4.77 Å². The van der Waals surface area contributed by atoms with Crippen molar-refractivity contribution in [2.24, 2.45) is 0 Å². The lowest BCUT2D eigenvalue weighted by molar-refractivity contribution is 0.0652. The summed E-state index contributed by atoms with van der Waals surface area (Å²) in [4.78, 5) is 43.1. The second-order valence-corrected chi connectivity index (χ2v) is 8.97. The topological polar surface area (TPSA) is 87.2 Å². The number of nitrogens with zero attached hydrogens (tertiary/aromatic N) is 2. The SMILES string of the molecule is CNC(=O)c1ccc(-n2c(=S)[nH]c3c(c2=O)C[C@@H](C)N(C(=O)c2ccc(Cl)c(Cl)c2)C3)cc1. The van der Waals surface area contributed by atoms with E-state index in [9.17, 15) is 14.4 Å². The molecule has 4 rings (SSSR count). The van der Waals surface area contributed by atoms with Gasteiger partial charge in [0.2, 0.25) is 0 Å². The van der Waals surface area contributed by atoms with Gasteiger partial charge in [0.1, 0.15) is 0 Å². The highest BCUT2D eigenvalue weighted by molar-refractivity contribution is 7.71. The number of aromatic amines is 1. The molecule has 10 heteroatoms. The van der Waals surface area contributed by atoms with E-state index in [2.05, 4.69) is 10.3 Å². The smallest absolute Gasteiger partial charge is 0.262 e. The number of hydrogen-bond donors (Lipinski definition) is 2. The van der Waals surface area contributed by atoms with Gasteiger partial charge in [0, 0.05) is 35.5 Å². The molecule has 2 heterocycles. The summed E-state index contributed by atoms with van der Waals surface area (Å²) in [5.41, 5.74) is 2.39. The van der Waals surface area contributed by atoms with Crippen molar-refractivity contribution in [1.82, 2.24) is 19.8 Å². The fraction of sp³-hybridized carbons (Fsp3) is 0.217. The monoisotopic (exact) mass is 502 g/mol. The van der Waals surface area contributed by atoms with E-state index >= 15 is 0 Å². The summed E-state index contributed by atoms with van der Waals surface area (Å²) >= 11 is 17.5.